The monoisotopic (exact) mass is 326 g/mol. The number of nitrogens with one attached hydrogen (secondary N) is 1. The molecule has 1 aromatic rings. The lowest BCUT2D eigenvalue weighted by atomic mass is 10.0. The maximum atomic E-state index is 13.5. The molecular weight excluding hydrogens is 306 g/mol. The van der Waals surface area contributed by atoms with Crippen LogP contribution in [0.1, 0.15) is 19.3 Å². The lowest BCUT2D eigenvalue weighted by Gasteiger charge is -2.37. The van der Waals surface area contributed by atoms with Gasteiger partial charge in [-0.3, -0.25) is 4.79 Å². The summed E-state index contributed by atoms with van der Waals surface area (Å²) in [6.07, 6.45) is 1.84. The van der Waals surface area contributed by atoms with Crippen LogP contribution in [-0.2, 0) is 14.3 Å². The predicted octanol–water partition coefficient (Wildman–Crippen LogP) is 2.13. The third kappa shape index (κ3) is 4.04. The van der Waals surface area contributed by atoms with E-state index in [1.54, 1.807) is 0 Å². The number of likely N-dealkylation sites (tertiary alicyclic amines) is 1. The van der Waals surface area contributed by atoms with Crippen molar-refractivity contribution in [3.05, 3.63) is 29.8 Å². The highest BCUT2D eigenvalue weighted by atomic mass is 19.1. The van der Waals surface area contributed by atoms with Crippen LogP contribution >= 0.6 is 0 Å². The normalized spacial score (nSPS) is 20.8. The van der Waals surface area contributed by atoms with Crippen LogP contribution in [0.15, 0.2) is 18.2 Å². The average molecular weight is 326 g/mol. The van der Waals surface area contributed by atoms with E-state index in [0.717, 1.165) is 38.1 Å². The Hall–Kier alpha value is -1.57. The summed E-state index contributed by atoms with van der Waals surface area (Å²) in [6, 6.07) is 3.09. The van der Waals surface area contributed by atoms with E-state index < -0.39 is 17.4 Å². The van der Waals surface area contributed by atoms with Crippen molar-refractivity contribution in [3.63, 3.8) is 0 Å². The van der Waals surface area contributed by atoms with Crippen molar-refractivity contribution in [3.8, 4) is 0 Å². The summed E-state index contributed by atoms with van der Waals surface area (Å²) >= 11 is 0. The lowest BCUT2D eigenvalue weighted by molar-refractivity contribution is -0.185. The van der Waals surface area contributed by atoms with Crippen LogP contribution in [0.2, 0.25) is 0 Å². The number of nitrogens with zero attached hydrogens (tertiary/aromatic N) is 1. The van der Waals surface area contributed by atoms with E-state index in [9.17, 15) is 13.6 Å². The van der Waals surface area contributed by atoms with Gasteiger partial charge in [-0.2, -0.15) is 0 Å². The molecule has 1 aromatic carbocycles. The Kier molecular flexibility index (Phi) is 4.89. The van der Waals surface area contributed by atoms with Crippen molar-refractivity contribution in [1.82, 2.24) is 4.90 Å². The van der Waals surface area contributed by atoms with Gasteiger partial charge in [0.1, 0.15) is 11.6 Å². The first-order valence-corrected chi connectivity index (χ1v) is 7.82. The van der Waals surface area contributed by atoms with E-state index in [2.05, 4.69) is 10.2 Å². The lowest BCUT2D eigenvalue weighted by Crippen LogP contribution is -2.45. The number of benzene rings is 1. The van der Waals surface area contributed by atoms with Crippen LogP contribution in [0.4, 0.5) is 14.5 Å². The highest BCUT2D eigenvalue weighted by Gasteiger charge is 2.39. The van der Waals surface area contributed by atoms with Crippen LogP contribution in [-0.4, -0.2) is 49.4 Å². The molecule has 0 atom stereocenters. The number of carbonyl (C=O) groups is 1. The van der Waals surface area contributed by atoms with Crippen LogP contribution in [0, 0.1) is 11.6 Å². The summed E-state index contributed by atoms with van der Waals surface area (Å²) in [4.78, 5) is 14.1. The maximum Gasteiger partial charge on any atom is 0.225 e. The summed E-state index contributed by atoms with van der Waals surface area (Å²) in [6.45, 7) is 3.48. The number of carbonyl (C=O) groups excluding carboxylic acids is 1. The number of piperidine rings is 1. The largest absolute Gasteiger partial charge is 0.347 e. The van der Waals surface area contributed by atoms with Gasteiger partial charge in [0, 0.05) is 45.0 Å². The summed E-state index contributed by atoms with van der Waals surface area (Å²) in [7, 11) is 0. The SMILES string of the molecule is O=C(CCN1CCC2(CC1)OCCO2)Nc1ccc(F)cc1F. The topological polar surface area (TPSA) is 50.8 Å². The Bertz CT molecular complexity index is 566. The highest BCUT2D eigenvalue weighted by molar-refractivity contribution is 5.90. The third-order valence-electron chi connectivity index (χ3n) is 4.29. The van der Waals surface area contributed by atoms with Crippen molar-refractivity contribution >= 4 is 11.6 Å². The predicted molar refractivity (Wildman–Crippen MR) is 79.9 cm³/mol. The molecule has 3 rings (SSSR count). The Labute approximate surface area is 133 Å². The fourth-order valence-corrected chi connectivity index (χ4v) is 2.97. The molecule has 1 spiro atoms. The summed E-state index contributed by atoms with van der Waals surface area (Å²) in [5, 5.41) is 2.47. The quantitative estimate of drug-likeness (QED) is 0.921. The summed E-state index contributed by atoms with van der Waals surface area (Å²) < 4.78 is 37.6. The van der Waals surface area contributed by atoms with E-state index in [4.69, 9.17) is 9.47 Å². The van der Waals surface area contributed by atoms with Crippen molar-refractivity contribution < 1.29 is 23.0 Å². The molecule has 0 bridgehead atoms. The van der Waals surface area contributed by atoms with Gasteiger partial charge in [0.05, 0.1) is 18.9 Å². The molecule has 0 radical (unpaired) electrons. The molecule has 2 saturated heterocycles. The number of anilines is 1. The Morgan fingerprint density at radius 1 is 1.22 bits per heavy atom. The molecule has 1 N–H and O–H groups in total. The second-order valence-corrected chi connectivity index (χ2v) is 5.87. The van der Waals surface area contributed by atoms with Crippen LogP contribution in [0.25, 0.3) is 0 Å². The molecule has 0 aliphatic carbocycles. The van der Waals surface area contributed by atoms with Gasteiger partial charge in [-0.25, -0.2) is 8.78 Å². The highest BCUT2D eigenvalue weighted by Crippen LogP contribution is 2.31. The van der Waals surface area contributed by atoms with Crippen molar-refractivity contribution in [2.75, 3.05) is 38.2 Å². The second kappa shape index (κ2) is 6.90. The van der Waals surface area contributed by atoms with Crippen LogP contribution < -0.4 is 5.32 Å². The van der Waals surface area contributed by atoms with E-state index in [1.807, 2.05) is 0 Å². The Morgan fingerprint density at radius 3 is 2.57 bits per heavy atom. The van der Waals surface area contributed by atoms with Gasteiger partial charge in [0.15, 0.2) is 5.79 Å². The second-order valence-electron chi connectivity index (χ2n) is 5.87. The summed E-state index contributed by atoms with van der Waals surface area (Å²) in [5.41, 5.74) is 0.00162. The fourth-order valence-electron chi connectivity index (χ4n) is 2.97. The summed E-state index contributed by atoms with van der Waals surface area (Å²) in [5.74, 6) is -2.15. The minimum absolute atomic E-state index is 0.00162. The van der Waals surface area contributed by atoms with Crippen molar-refractivity contribution in [2.24, 2.45) is 0 Å². The van der Waals surface area contributed by atoms with E-state index in [1.165, 1.54) is 6.07 Å². The number of halogens is 2. The average Bonchev–Trinajstić information content (AvgIpc) is 2.98. The molecule has 0 aromatic heterocycles. The maximum absolute atomic E-state index is 13.5. The third-order valence-corrected chi connectivity index (χ3v) is 4.29. The van der Waals surface area contributed by atoms with Gasteiger partial charge < -0.3 is 19.7 Å². The van der Waals surface area contributed by atoms with Crippen molar-refractivity contribution in [1.29, 1.82) is 0 Å². The number of hydrogen-bond acceptors (Lipinski definition) is 4. The van der Waals surface area contributed by atoms with Gasteiger partial charge in [0.25, 0.3) is 0 Å². The first-order chi connectivity index (χ1) is 11.1. The van der Waals surface area contributed by atoms with Crippen LogP contribution in [0.5, 0.6) is 0 Å². The molecule has 2 aliphatic rings. The van der Waals surface area contributed by atoms with Gasteiger partial charge in [-0.05, 0) is 12.1 Å². The number of ether oxygens (including phenoxy) is 2. The van der Waals surface area contributed by atoms with Gasteiger partial charge in [-0.15, -0.1) is 0 Å². The fraction of sp³-hybridized carbons (Fsp3) is 0.562. The first-order valence-electron chi connectivity index (χ1n) is 7.82. The smallest absolute Gasteiger partial charge is 0.225 e. The number of amides is 1. The van der Waals surface area contributed by atoms with Crippen molar-refractivity contribution in [2.45, 2.75) is 25.0 Å². The molecule has 2 heterocycles. The van der Waals surface area contributed by atoms with Gasteiger partial charge >= 0.3 is 0 Å². The standard InChI is InChI=1S/C16H20F2N2O3/c17-12-1-2-14(13(18)11-12)19-15(21)3-6-20-7-4-16(5-8-20)22-9-10-23-16/h1-2,11H,3-10H2,(H,19,21). The zero-order valence-electron chi connectivity index (χ0n) is 12.8. The molecule has 23 heavy (non-hydrogen) atoms. The molecule has 0 saturated carbocycles. The van der Waals surface area contributed by atoms with E-state index in [0.29, 0.717) is 19.8 Å². The van der Waals surface area contributed by atoms with Gasteiger partial charge in [0.2, 0.25) is 5.91 Å². The molecule has 0 unspecified atom stereocenters. The zero-order chi connectivity index (χ0) is 16.3. The molecule has 7 heteroatoms. The number of hydrogen-bond donors (Lipinski definition) is 1. The zero-order valence-corrected chi connectivity index (χ0v) is 12.8. The minimum Gasteiger partial charge on any atom is -0.347 e. The Morgan fingerprint density at radius 2 is 1.91 bits per heavy atom. The molecular formula is C16H20F2N2O3. The molecule has 2 fully saturated rings. The van der Waals surface area contributed by atoms with Gasteiger partial charge in [-0.1, -0.05) is 0 Å². The van der Waals surface area contributed by atoms with E-state index in [-0.39, 0.29) is 18.0 Å². The minimum atomic E-state index is -0.770. The van der Waals surface area contributed by atoms with E-state index >= 15 is 0 Å². The first kappa shape index (κ1) is 16.3. The number of rotatable bonds is 4. The molecule has 5 nitrogen and oxygen atoms in total. The van der Waals surface area contributed by atoms with Crippen LogP contribution in [0.3, 0.4) is 0 Å². The Balaban J connectivity index is 1.43. The molecule has 2 aliphatic heterocycles. The molecule has 126 valence electrons. The molecule has 1 amide bonds.